The Kier molecular flexibility index (Phi) is 14.2. The largest absolute Gasteiger partial charge is 0.480 e. The Morgan fingerprint density at radius 3 is 2.17 bits per heavy atom. The Morgan fingerprint density at radius 1 is 0.975 bits per heavy atom. The molecule has 0 aromatic heterocycles. The van der Waals surface area contributed by atoms with E-state index in [9.17, 15) is 24.3 Å². The summed E-state index contributed by atoms with van der Waals surface area (Å²) in [6.07, 6.45) is 0.573. The van der Waals surface area contributed by atoms with Gasteiger partial charge in [-0.3, -0.25) is 10.1 Å². The van der Waals surface area contributed by atoms with Crippen molar-refractivity contribution in [2.24, 2.45) is 0 Å². The Hall–Kier alpha value is -3.64. The summed E-state index contributed by atoms with van der Waals surface area (Å²) in [7, 11) is 0. The van der Waals surface area contributed by atoms with E-state index in [-0.39, 0.29) is 44.9 Å². The van der Waals surface area contributed by atoms with Crippen molar-refractivity contribution in [2.75, 3.05) is 19.9 Å². The zero-order valence-electron chi connectivity index (χ0n) is 24.2. The summed E-state index contributed by atoms with van der Waals surface area (Å²) in [5.41, 5.74) is -0.273. The molecule has 1 rings (SSSR count). The molecule has 0 radical (unpaired) electrons. The Balaban J connectivity index is 2.64. The number of ether oxygens (including phenoxy) is 4. The third-order valence-corrected chi connectivity index (χ3v) is 4.96. The van der Waals surface area contributed by atoms with Gasteiger partial charge in [-0.1, -0.05) is 24.8 Å². The summed E-state index contributed by atoms with van der Waals surface area (Å²) in [6.45, 7) is 14.8. The van der Waals surface area contributed by atoms with Crippen molar-refractivity contribution < 1.29 is 43.2 Å². The van der Waals surface area contributed by atoms with Gasteiger partial charge < -0.3 is 34.7 Å². The lowest BCUT2D eigenvalue weighted by molar-refractivity contribution is -0.146. The van der Waals surface area contributed by atoms with Crippen molar-refractivity contribution >= 4 is 24.1 Å². The summed E-state index contributed by atoms with van der Waals surface area (Å²) < 4.78 is 21.2. The molecular weight excluding hydrogens is 522 g/mol. The molecule has 4 N–H and O–H groups in total. The molecule has 2 atom stereocenters. The minimum Gasteiger partial charge on any atom is -0.480 e. The summed E-state index contributed by atoms with van der Waals surface area (Å²) in [6, 6.07) is 4.54. The van der Waals surface area contributed by atoms with Crippen molar-refractivity contribution in [3.8, 4) is 5.75 Å². The van der Waals surface area contributed by atoms with E-state index in [2.05, 4.69) is 22.5 Å². The Morgan fingerprint density at radius 2 is 1.62 bits per heavy atom. The Bertz CT molecular complexity index is 982. The average molecular weight is 566 g/mol. The SMILES string of the molecule is C=CCOC(=O)C(Cc1ccc(OC(=O)NC(CCCNC(=O)OC(C)(C)C)C(=O)O)cc1)NCOC(C)(C)C. The number of benzene rings is 1. The summed E-state index contributed by atoms with van der Waals surface area (Å²) >= 11 is 0. The van der Waals surface area contributed by atoms with Crippen LogP contribution >= 0.6 is 0 Å². The first-order chi connectivity index (χ1) is 18.6. The number of aliphatic carboxylic acids is 1. The summed E-state index contributed by atoms with van der Waals surface area (Å²) in [5.74, 6) is -1.51. The van der Waals surface area contributed by atoms with E-state index in [0.717, 1.165) is 5.56 Å². The Labute approximate surface area is 235 Å². The zero-order chi connectivity index (χ0) is 30.3. The number of amides is 2. The second kappa shape index (κ2) is 16.5. The molecule has 40 heavy (non-hydrogen) atoms. The number of nitrogens with one attached hydrogen (secondary N) is 3. The third-order valence-electron chi connectivity index (χ3n) is 4.96. The lowest BCUT2D eigenvalue weighted by Crippen LogP contribution is -2.43. The van der Waals surface area contributed by atoms with Crippen molar-refractivity contribution in [3.05, 3.63) is 42.5 Å². The third kappa shape index (κ3) is 15.7. The topological polar surface area (TPSA) is 162 Å². The maximum atomic E-state index is 12.5. The van der Waals surface area contributed by atoms with Gasteiger partial charge in [-0.2, -0.15) is 0 Å². The number of hydrogen-bond donors (Lipinski definition) is 4. The number of carboxylic acids is 1. The standard InChI is InChI=1S/C28H43N3O9/c1-8-16-37-24(34)22(30-18-38-27(2,3)4)17-19-11-13-20(14-12-19)39-26(36)31-21(23(32)33)10-9-15-29-25(35)40-28(5,6)7/h8,11-14,21-22,30H,1,9-10,15-18H2,2-7H3,(H,29,35)(H,31,36)(H,32,33). The molecular formula is C28H43N3O9. The normalized spacial score (nSPS) is 12.9. The number of carbonyl (C=O) groups is 4. The van der Waals surface area contributed by atoms with Crippen LogP contribution in [0.15, 0.2) is 36.9 Å². The van der Waals surface area contributed by atoms with Gasteiger partial charge in [0.1, 0.15) is 30.0 Å². The quantitative estimate of drug-likeness (QED) is 0.107. The second-order valence-corrected chi connectivity index (χ2v) is 10.9. The predicted molar refractivity (Wildman–Crippen MR) is 148 cm³/mol. The van der Waals surface area contributed by atoms with Crippen LogP contribution in [0.5, 0.6) is 5.75 Å². The first-order valence-corrected chi connectivity index (χ1v) is 13.0. The van der Waals surface area contributed by atoms with Crippen LogP contribution in [0.1, 0.15) is 59.9 Å². The summed E-state index contributed by atoms with van der Waals surface area (Å²) in [4.78, 5) is 48.0. The molecule has 0 bridgehead atoms. The number of alkyl carbamates (subject to hydrolysis) is 1. The lowest BCUT2D eigenvalue weighted by Gasteiger charge is -2.23. The highest BCUT2D eigenvalue weighted by atomic mass is 16.6. The predicted octanol–water partition coefficient (Wildman–Crippen LogP) is 3.54. The van der Waals surface area contributed by atoms with E-state index in [4.69, 9.17) is 18.9 Å². The van der Waals surface area contributed by atoms with Crippen LogP contribution in [0.2, 0.25) is 0 Å². The van der Waals surface area contributed by atoms with E-state index >= 15 is 0 Å². The van der Waals surface area contributed by atoms with E-state index in [0.29, 0.717) is 0 Å². The molecule has 0 aliphatic heterocycles. The fourth-order valence-corrected chi connectivity index (χ4v) is 3.12. The highest BCUT2D eigenvalue weighted by Crippen LogP contribution is 2.15. The van der Waals surface area contributed by atoms with Gasteiger partial charge in [-0.05, 0) is 78.5 Å². The molecule has 0 heterocycles. The van der Waals surface area contributed by atoms with Crippen molar-refractivity contribution in [2.45, 2.75) is 84.1 Å². The fraction of sp³-hybridized carbons (Fsp3) is 0.571. The van der Waals surface area contributed by atoms with E-state index in [1.54, 1.807) is 32.9 Å². The van der Waals surface area contributed by atoms with Crippen LogP contribution < -0.4 is 20.7 Å². The van der Waals surface area contributed by atoms with Gasteiger partial charge in [0.05, 0.1) is 12.3 Å². The number of carboxylic acid groups (broad SMARTS) is 1. The van der Waals surface area contributed by atoms with E-state index in [1.165, 1.54) is 18.2 Å². The van der Waals surface area contributed by atoms with Gasteiger partial charge in [0.2, 0.25) is 0 Å². The van der Waals surface area contributed by atoms with Gasteiger partial charge in [-0.15, -0.1) is 0 Å². The molecule has 1 aromatic rings. The molecule has 12 nitrogen and oxygen atoms in total. The van der Waals surface area contributed by atoms with Gasteiger partial charge in [0, 0.05) is 6.54 Å². The van der Waals surface area contributed by atoms with E-state index in [1.807, 2.05) is 20.8 Å². The molecule has 0 spiro atoms. The second-order valence-electron chi connectivity index (χ2n) is 10.9. The highest BCUT2D eigenvalue weighted by Gasteiger charge is 2.23. The van der Waals surface area contributed by atoms with E-state index < -0.39 is 47.4 Å². The number of carbonyl (C=O) groups excluding carboxylic acids is 3. The molecule has 0 aliphatic rings. The van der Waals surface area contributed by atoms with Crippen molar-refractivity contribution in [3.63, 3.8) is 0 Å². The first kappa shape index (κ1) is 34.4. The molecule has 0 saturated heterocycles. The maximum Gasteiger partial charge on any atom is 0.413 e. The first-order valence-electron chi connectivity index (χ1n) is 13.0. The number of esters is 1. The van der Waals surface area contributed by atoms with Crippen molar-refractivity contribution in [1.29, 1.82) is 0 Å². The highest BCUT2D eigenvalue weighted by molar-refractivity contribution is 5.80. The number of hydrogen-bond acceptors (Lipinski definition) is 9. The van der Waals surface area contributed by atoms with Crippen LogP contribution in [-0.4, -0.2) is 72.4 Å². The minimum atomic E-state index is -1.23. The van der Waals surface area contributed by atoms with Crippen LogP contribution in [0, 0.1) is 0 Å². The van der Waals surface area contributed by atoms with Gasteiger partial charge in [0.15, 0.2) is 0 Å². The molecule has 0 aliphatic carbocycles. The molecule has 1 aromatic carbocycles. The van der Waals surface area contributed by atoms with Crippen LogP contribution in [0.25, 0.3) is 0 Å². The lowest BCUT2D eigenvalue weighted by atomic mass is 10.1. The smallest absolute Gasteiger partial charge is 0.413 e. The van der Waals surface area contributed by atoms with Gasteiger partial charge >= 0.3 is 24.1 Å². The monoisotopic (exact) mass is 565 g/mol. The van der Waals surface area contributed by atoms with Gasteiger partial charge in [0.25, 0.3) is 0 Å². The molecule has 0 fully saturated rings. The van der Waals surface area contributed by atoms with Gasteiger partial charge in [-0.25, -0.2) is 14.4 Å². The number of rotatable bonds is 15. The van der Waals surface area contributed by atoms with Crippen LogP contribution in [0.4, 0.5) is 9.59 Å². The molecule has 224 valence electrons. The summed E-state index contributed by atoms with van der Waals surface area (Å²) in [5, 5.41) is 17.3. The molecule has 0 saturated carbocycles. The zero-order valence-corrected chi connectivity index (χ0v) is 24.2. The van der Waals surface area contributed by atoms with Crippen LogP contribution in [-0.2, 0) is 30.2 Å². The average Bonchev–Trinajstić information content (AvgIpc) is 2.82. The fourth-order valence-electron chi connectivity index (χ4n) is 3.12. The minimum absolute atomic E-state index is 0.0639. The molecule has 2 amide bonds. The maximum absolute atomic E-state index is 12.5. The molecule has 2 unspecified atom stereocenters. The molecule has 12 heteroatoms. The van der Waals surface area contributed by atoms with Crippen LogP contribution in [0.3, 0.4) is 0 Å². The van der Waals surface area contributed by atoms with Crippen molar-refractivity contribution in [1.82, 2.24) is 16.0 Å².